The van der Waals surface area contributed by atoms with Gasteiger partial charge in [0.15, 0.2) is 5.82 Å². The van der Waals surface area contributed by atoms with Crippen LogP contribution in [-0.2, 0) is 37.2 Å². The molecule has 0 saturated carbocycles. The number of anilines is 1. The summed E-state index contributed by atoms with van der Waals surface area (Å²) < 4.78 is 11.0. The maximum atomic E-state index is 5.56. The van der Waals surface area contributed by atoms with Crippen LogP contribution in [0.2, 0.25) is 0 Å². The van der Waals surface area contributed by atoms with Gasteiger partial charge in [0.1, 0.15) is 11.5 Å². The summed E-state index contributed by atoms with van der Waals surface area (Å²) in [6.45, 7) is 4.14. The van der Waals surface area contributed by atoms with Crippen LogP contribution in [0.15, 0.2) is 10.6 Å². The maximum Gasteiger partial charge on any atom is 0.151 e. The second kappa shape index (κ2) is 6.63. The number of rotatable bonds is 4. The van der Waals surface area contributed by atoms with E-state index in [1.54, 1.807) is 0 Å². The van der Waals surface area contributed by atoms with Crippen LogP contribution in [0.25, 0.3) is 0 Å². The minimum atomic E-state index is 0.504. The van der Waals surface area contributed by atoms with Crippen LogP contribution in [0.1, 0.15) is 41.1 Å². The van der Waals surface area contributed by atoms with Crippen molar-refractivity contribution >= 4 is 5.82 Å². The summed E-state index contributed by atoms with van der Waals surface area (Å²) in [5.74, 6) is 2.03. The molecule has 7 nitrogen and oxygen atoms in total. The minimum Gasteiger partial charge on any atom is -0.376 e. The summed E-state index contributed by atoms with van der Waals surface area (Å²) in [4.78, 5) is 4.68. The van der Waals surface area contributed by atoms with Crippen molar-refractivity contribution in [1.82, 2.24) is 20.3 Å². The molecule has 0 spiro atoms. The fourth-order valence-corrected chi connectivity index (χ4v) is 4.12. The number of fused-ring (bicyclic) bond motifs is 2. The molecule has 0 aromatic carbocycles. The van der Waals surface area contributed by atoms with Crippen molar-refractivity contribution in [3.8, 4) is 0 Å². The highest BCUT2D eigenvalue weighted by Gasteiger charge is 2.33. The Labute approximate surface area is 153 Å². The average Bonchev–Trinajstić information content (AvgIpc) is 3.03. The zero-order valence-corrected chi connectivity index (χ0v) is 15.3. The van der Waals surface area contributed by atoms with Crippen LogP contribution in [0.3, 0.4) is 0 Å². The van der Waals surface area contributed by atoms with Crippen LogP contribution in [0, 0.1) is 0 Å². The van der Waals surface area contributed by atoms with E-state index in [2.05, 4.69) is 38.3 Å². The van der Waals surface area contributed by atoms with Gasteiger partial charge in [-0.2, -0.15) is 5.10 Å². The molecule has 0 amide bonds. The third-order valence-electron chi connectivity index (χ3n) is 5.94. The molecule has 2 aliphatic heterocycles. The van der Waals surface area contributed by atoms with Gasteiger partial charge in [0.2, 0.25) is 0 Å². The number of aromatic nitrogens is 3. The third kappa shape index (κ3) is 2.89. The molecule has 1 fully saturated rings. The lowest BCUT2D eigenvalue weighted by Crippen LogP contribution is -2.58. The molecule has 0 bridgehead atoms. The molecule has 1 saturated heterocycles. The molecule has 26 heavy (non-hydrogen) atoms. The van der Waals surface area contributed by atoms with Crippen molar-refractivity contribution in [2.75, 3.05) is 31.6 Å². The Morgan fingerprint density at radius 1 is 1.19 bits per heavy atom. The Hall–Kier alpha value is -1.99. The second-order valence-corrected chi connectivity index (χ2v) is 7.69. The summed E-state index contributed by atoms with van der Waals surface area (Å²) in [5, 5.41) is 13.2. The van der Waals surface area contributed by atoms with Crippen molar-refractivity contribution in [1.29, 1.82) is 0 Å². The lowest BCUT2D eigenvalue weighted by Gasteiger charge is -2.44. The van der Waals surface area contributed by atoms with E-state index in [1.807, 2.05) is 0 Å². The smallest absolute Gasteiger partial charge is 0.151 e. The fraction of sp³-hybridized carbons (Fsp3) is 0.632. The van der Waals surface area contributed by atoms with Crippen LogP contribution in [0.5, 0.6) is 0 Å². The normalized spacial score (nSPS) is 20.0. The summed E-state index contributed by atoms with van der Waals surface area (Å²) in [6.07, 6.45) is 5.58. The average molecular weight is 355 g/mol. The van der Waals surface area contributed by atoms with Gasteiger partial charge in [-0.1, -0.05) is 5.16 Å². The van der Waals surface area contributed by atoms with Crippen molar-refractivity contribution in [2.24, 2.45) is 0 Å². The monoisotopic (exact) mass is 355 g/mol. The molecule has 0 N–H and O–H groups in total. The number of aryl methyl sites for hydroxylation is 2. The highest BCUT2D eigenvalue weighted by atomic mass is 16.5. The summed E-state index contributed by atoms with van der Waals surface area (Å²) in [5.41, 5.74) is 4.77. The molecule has 2 aromatic heterocycles. The Kier molecular flexibility index (Phi) is 4.13. The Balaban J connectivity index is 1.21. The SMILES string of the molecule is CN(Cc1noc2c1COCC2)C1CN(c2cc3c(nn2)CCCC3)C1. The fourth-order valence-electron chi connectivity index (χ4n) is 4.12. The molecule has 0 radical (unpaired) electrons. The first-order valence-electron chi connectivity index (χ1n) is 9.62. The van der Waals surface area contributed by atoms with Gasteiger partial charge in [-0.05, 0) is 44.4 Å². The summed E-state index contributed by atoms with van der Waals surface area (Å²) >= 11 is 0. The predicted octanol–water partition coefficient (Wildman–Crippen LogP) is 1.74. The maximum absolute atomic E-state index is 5.56. The van der Waals surface area contributed by atoms with Gasteiger partial charge in [-0.25, -0.2) is 0 Å². The predicted molar refractivity (Wildman–Crippen MR) is 96.0 cm³/mol. The molecule has 5 rings (SSSR count). The molecule has 4 heterocycles. The second-order valence-electron chi connectivity index (χ2n) is 7.69. The van der Waals surface area contributed by atoms with E-state index in [0.29, 0.717) is 12.6 Å². The molecule has 0 unspecified atom stereocenters. The van der Waals surface area contributed by atoms with E-state index in [1.165, 1.54) is 24.1 Å². The first-order valence-corrected chi connectivity index (χ1v) is 9.62. The Bertz CT molecular complexity index is 799. The van der Waals surface area contributed by atoms with Gasteiger partial charge in [-0.15, -0.1) is 5.10 Å². The minimum absolute atomic E-state index is 0.504. The quantitative estimate of drug-likeness (QED) is 0.827. The molecule has 1 aliphatic carbocycles. The van der Waals surface area contributed by atoms with Gasteiger partial charge < -0.3 is 14.2 Å². The zero-order chi connectivity index (χ0) is 17.5. The zero-order valence-electron chi connectivity index (χ0n) is 15.3. The van der Waals surface area contributed by atoms with Gasteiger partial charge in [-0.3, -0.25) is 4.90 Å². The van der Waals surface area contributed by atoms with Crippen LogP contribution in [0.4, 0.5) is 5.82 Å². The standard InChI is InChI=1S/C19H25N5O2/c1-23(11-17-15-12-25-7-6-18(15)26-22-17)14-9-24(10-14)19-8-13-4-2-3-5-16(13)20-21-19/h8,14H,2-7,9-12H2,1H3. The first-order chi connectivity index (χ1) is 12.8. The number of likely N-dealkylation sites (N-methyl/N-ethyl adjacent to an activating group) is 1. The Morgan fingerprint density at radius 3 is 3.00 bits per heavy atom. The van der Waals surface area contributed by atoms with Gasteiger partial charge in [0.25, 0.3) is 0 Å². The van der Waals surface area contributed by atoms with E-state index in [9.17, 15) is 0 Å². The number of nitrogens with zero attached hydrogens (tertiary/aromatic N) is 5. The van der Waals surface area contributed by atoms with E-state index < -0.39 is 0 Å². The van der Waals surface area contributed by atoms with Gasteiger partial charge in [0, 0.05) is 37.7 Å². The highest BCUT2D eigenvalue weighted by Crippen LogP contribution is 2.27. The highest BCUT2D eigenvalue weighted by molar-refractivity contribution is 5.45. The number of hydrogen-bond donors (Lipinski definition) is 0. The van der Waals surface area contributed by atoms with Crippen LogP contribution < -0.4 is 4.90 Å². The molecule has 138 valence electrons. The molecular formula is C19H25N5O2. The molecule has 7 heteroatoms. The van der Waals surface area contributed by atoms with E-state index in [0.717, 1.165) is 68.3 Å². The molecule has 3 aliphatic rings. The van der Waals surface area contributed by atoms with Crippen molar-refractivity contribution in [3.63, 3.8) is 0 Å². The van der Waals surface area contributed by atoms with Crippen LogP contribution in [-0.4, -0.2) is 53.0 Å². The first kappa shape index (κ1) is 16.2. The van der Waals surface area contributed by atoms with Crippen LogP contribution >= 0.6 is 0 Å². The van der Waals surface area contributed by atoms with Crippen molar-refractivity contribution in [2.45, 2.75) is 51.3 Å². The van der Waals surface area contributed by atoms with Crippen molar-refractivity contribution in [3.05, 3.63) is 34.3 Å². The van der Waals surface area contributed by atoms with Crippen molar-refractivity contribution < 1.29 is 9.26 Å². The summed E-state index contributed by atoms with van der Waals surface area (Å²) in [6, 6.07) is 2.76. The largest absolute Gasteiger partial charge is 0.376 e. The van der Waals surface area contributed by atoms with Gasteiger partial charge in [0.05, 0.1) is 18.9 Å². The van der Waals surface area contributed by atoms with E-state index in [4.69, 9.17) is 9.26 Å². The molecule has 0 atom stereocenters. The Morgan fingerprint density at radius 2 is 2.08 bits per heavy atom. The van der Waals surface area contributed by atoms with E-state index in [-0.39, 0.29) is 0 Å². The lowest BCUT2D eigenvalue weighted by molar-refractivity contribution is 0.102. The van der Waals surface area contributed by atoms with Gasteiger partial charge >= 0.3 is 0 Å². The van der Waals surface area contributed by atoms with E-state index >= 15 is 0 Å². The summed E-state index contributed by atoms with van der Waals surface area (Å²) in [7, 11) is 2.16. The topological polar surface area (TPSA) is 67.5 Å². The lowest BCUT2D eigenvalue weighted by atomic mass is 9.96. The molecule has 2 aromatic rings. The number of ether oxygens (including phenoxy) is 1. The molecular weight excluding hydrogens is 330 g/mol. The number of hydrogen-bond acceptors (Lipinski definition) is 7. The third-order valence-corrected chi connectivity index (χ3v) is 5.94.